The number of aromatic nitrogens is 5. The average Bonchev–Trinajstić information content (AvgIpc) is 3.20. The summed E-state index contributed by atoms with van der Waals surface area (Å²) in [4.78, 5) is 5.39. The highest BCUT2D eigenvalue weighted by Gasteiger charge is 2.09. The third-order valence-corrected chi connectivity index (χ3v) is 3.85. The van der Waals surface area contributed by atoms with Crippen molar-refractivity contribution in [2.45, 2.75) is 25.3 Å². The van der Waals surface area contributed by atoms with E-state index in [2.05, 4.69) is 20.5 Å². The van der Waals surface area contributed by atoms with Crippen molar-refractivity contribution in [1.82, 2.24) is 25.1 Å². The molecule has 0 fully saturated rings. The predicted octanol–water partition coefficient (Wildman–Crippen LogP) is 2.76. The van der Waals surface area contributed by atoms with E-state index >= 15 is 0 Å². The number of rotatable bonds is 6. The summed E-state index contributed by atoms with van der Waals surface area (Å²) in [5.41, 5.74) is 0.782. The molecule has 0 bridgehead atoms. The van der Waals surface area contributed by atoms with Crippen LogP contribution in [0.25, 0.3) is 10.7 Å². The van der Waals surface area contributed by atoms with Gasteiger partial charge in [-0.25, -0.2) is 0 Å². The molecule has 0 aliphatic carbocycles. The highest BCUT2D eigenvalue weighted by Crippen LogP contribution is 2.21. The molecule has 0 saturated heterocycles. The highest BCUT2D eigenvalue weighted by molar-refractivity contribution is 7.13. The molecule has 0 amide bonds. The summed E-state index contributed by atoms with van der Waals surface area (Å²) in [7, 11) is 0. The Kier molecular flexibility index (Phi) is 4.08. The smallest absolute Gasteiger partial charge is 0.227 e. The minimum absolute atomic E-state index is 0.383. The molecule has 3 aromatic rings. The molecular weight excluding hydrogens is 298 g/mol. The van der Waals surface area contributed by atoms with E-state index in [0.29, 0.717) is 24.0 Å². The molecule has 0 radical (unpaired) electrons. The molecule has 0 aliphatic heterocycles. The molecule has 3 aromatic heterocycles. The summed E-state index contributed by atoms with van der Waals surface area (Å²) in [6, 6.07) is 3.94. The fourth-order valence-corrected chi connectivity index (χ4v) is 2.54. The van der Waals surface area contributed by atoms with Crippen LogP contribution >= 0.6 is 22.9 Å². The van der Waals surface area contributed by atoms with Crippen LogP contribution in [0.2, 0.25) is 0 Å². The quantitative estimate of drug-likeness (QED) is 0.655. The number of halogens is 1. The van der Waals surface area contributed by atoms with Gasteiger partial charge in [0.2, 0.25) is 11.7 Å². The van der Waals surface area contributed by atoms with Crippen LogP contribution in [0.3, 0.4) is 0 Å². The Morgan fingerprint density at radius 2 is 2.35 bits per heavy atom. The minimum atomic E-state index is 0.383. The van der Waals surface area contributed by atoms with Gasteiger partial charge in [0, 0.05) is 19.2 Å². The molecule has 0 saturated carbocycles. The molecule has 3 rings (SSSR count). The van der Waals surface area contributed by atoms with Gasteiger partial charge in [-0.05, 0) is 17.9 Å². The Morgan fingerprint density at radius 3 is 3.10 bits per heavy atom. The van der Waals surface area contributed by atoms with Gasteiger partial charge < -0.3 is 4.52 Å². The summed E-state index contributed by atoms with van der Waals surface area (Å²) < 4.78 is 7.00. The van der Waals surface area contributed by atoms with Crippen LogP contribution in [0.1, 0.15) is 18.0 Å². The van der Waals surface area contributed by atoms with Crippen molar-refractivity contribution >= 4 is 22.9 Å². The Labute approximate surface area is 124 Å². The van der Waals surface area contributed by atoms with Gasteiger partial charge >= 0.3 is 0 Å². The van der Waals surface area contributed by atoms with Crippen LogP contribution in [0.5, 0.6) is 0 Å². The molecular formula is C12H12ClN5OS. The van der Waals surface area contributed by atoms with E-state index in [-0.39, 0.29) is 0 Å². The van der Waals surface area contributed by atoms with Gasteiger partial charge in [0.1, 0.15) is 0 Å². The highest BCUT2D eigenvalue weighted by atomic mass is 35.5. The Bertz CT molecular complexity index is 663. The first-order chi connectivity index (χ1) is 9.85. The van der Waals surface area contributed by atoms with E-state index in [1.807, 2.05) is 23.7 Å². The van der Waals surface area contributed by atoms with Crippen molar-refractivity contribution in [2.75, 3.05) is 0 Å². The Morgan fingerprint density at radius 1 is 1.40 bits per heavy atom. The second-order valence-electron chi connectivity index (χ2n) is 4.20. The maximum absolute atomic E-state index is 5.67. The van der Waals surface area contributed by atoms with Crippen molar-refractivity contribution in [3.05, 3.63) is 35.3 Å². The molecule has 0 spiro atoms. The number of aryl methyl sites for hydroxylation is 2. The van der Waals surface area contributed by atoms with Crippen LogP contribution in [0.4, 0.5) is 0 Å². The molecule has 3 heterocycles. The summed E-state index contributed by atoms with van der Waals surface area (Å²) in [6.45, 7) is 0.751. The second kappa shape index (κ2) is 6.15. The molecule has 20 heavy (non-hydrogen) atoms. The zero-order valence-corrected chi connectivity index (χ0v) is 12.1. The maximum Gasteiger partial charge on any atom is 0.227 e. The summed E-state index contributed by atoms with van der Waals surface area (Å²) in [5.74, 6) is 1.68. The summed E-state index contributed by atoms with van der Waals surface area (Å²) >= 11 is 7.27. The predicted molar refractivity (Wildman–Crippen MR) is 75.5 cm³/mol. The molecule has 0 N–H and O–H groups in total. The number of alkyl halides is 1. The lowest BCUT2D eigenvalue weighted by molar-refractivity contribution is 0.371. The lowest BCUT2D eigenvalue weighted by atomic mass is 10.3. The number of hydrogen-bond donors (Lipinski definition) is 0. The van der Waals surface area contributed by atoms with Crippen LogP contribution < -0.4 is 0 Å². The van der Waals surface area contributed by atoms with Gasteiger partial charge in [0.05, 0.1) is 16.5 Å². The third kappa shape index (κ3) is 3.05. The van der Waals surface area contributed by atoms with E-state index in [1.54, 1.807) is 16.0 Å². The van der Waals surface area contributed by atoms with E-state index in [4.69, 9.17) is 16.1 Å². The SMILES string of the molecule is ClCc1cn(CCCc2nc(-c3cccs3)no2)nn1. The number of nitrogens with zero attached hydrogens (tertiary/aromatic N) is 5. The zero-order chi connectivity index (χ0) is 13.8. The van der Waals surface area contributed by atoms with Crippen molar-refractivity contribution in [2.24, 2.45) is 0 Å². The van der Waals surface area contributed by atoms with Gasteiger partial charge in [-0.15, -0.1) is 28.0 Å². The van der Waals surface area contributed by atoms with Crippen LogP contribution in [0.15, 0.2) is 28.2 Å². The monoisotopic (exact) mass is 309 g/mol. The summed E-state index contributed by atoms with van der Waals surface area (Å²) in [5, 5.41) is 13.9. The normalized spacial score (nSPS) is 11.1. The molecule has 0 atom stereocenters. The Balaban J connectivity index is 1.54. The molecule has 6 nitrogen and oxygen atoms in total. The first-order valence-corrected chi connectivity index (χ1v) is 7.58. The van der Waals surface area contributed by atoms with Crippen LogP contribution in [-0.4, -0.2) is 25.1 Å². The van der Waals surface area contributed by atoms with Gasteiger partial charge in [0.15, 0.2) is 0 Å². The zero-order valence-electron chi connectivity index (χ0n) is 10.6. The maximum atomic E-state index is 5.67. The first kappa shape index (κ1) is 13.3. The first-order valence-electron chi connectivity index (χ1n) is 6.16. The van der Waals surface area contributed by atoms with Gasteiger partial charge in [0.25, 0.3) is 0 Å². The van der Waals surface area contributed by atoms with Gasteiger partial charge in [-0.2, -0.15) is 4.98 Å². The van der Waals surface area contributed by atoms with Gasteiger partial charge in [-0.3, -0.25) is 4.68 Å². The van der Waals surface area contributed by atoms with E-state index in [1.165, 1.54) is 0 Å². The topological polar surface area (TPSA) is 69.6 Å². The van der Waals surface area contributed by atoms with Crippen LogP contribution in [0, 0.1) is 0 Å². The largest absolute Gasteiger partial charge is 0.339 e. The standard InChI is InChI=1S/C12H12ClN5OS/c13-7-9-8-18(17-15-9)5-1-4-11-14-12(16-19-11)10-3-2-6-20-10/h2-3,6,8H,1,4-5,7H2. The van der Waals surface area contributed by atoms with Crippen molar-refractivity contribution in [3.63, 3.8) is 0 Å². The summed E-state index contributed by atoms with van der Waals surface area (Å²) in [6.07, 6.45) is 3.42. The third-order valence-electron chi connectivity index (χ3n) is 2.71. The Hall–Kier alpha value is -1.73. The molecule has 0 unspecified atom stereocenters. The van der Waals surface area contributed by atoms with E-state index in [0.717, 1.165) is 23.5 Å². The van der Waals surface area contributed by atoms with Crippen molar-refractivity contribution in [1.29, 1.82) is 0 Å². The second-order valence-corrected chi connectivity index (χ2v) is 5.41. The molecule has 8 heteroatoms. The van der Waals surface area contributed by atoms with Crippen molar-refractivity contribution < 1.29 is 4.52 Å². The number of hydrogen-bond acceptors (Lipinski definition) is 6. The average molecular weight is 310 g/mol. The van der Waals surface area contributed by atoms with E-state index in [9.17, 15) is 0 Å². The lowest BCUT2D eigenvalue weighted by Gasteiger charge is -1.96. The van der Waals surface area contributed by atoms with Crippen molar-refractivity contribution in [3.8, 4) is 10.7 Å². The molecule has 0 aliphatic rings. The lowest BCUT2D eigenvalue weighted by Crippen LogP contribution is -2.00. The number of thiophene rings is 1. The van der Waals surface area contributed by atoms with Crippen LogP contribution in [-0.2, 0) is 18.8 Å². The van der Waals surface area contributed by atoms with E-state index < -0.39 is 0 Å². The fourth-order valence-electron chi connectivity index (χ4n) is 1.76. The minimum Gasteiger partial charge on any atom is -0.339 e. The molecule has 0 aromatic carbocycles. The van der Waals surface area contributed by atoms with Gasteiger partial charge in [-0.1, -0.05) is 16.4 Å². The fraction of sp³-hybridized carbons (Fsp3) is 0.333. The molecule has 104 valence electrons.